The predicted molar refractivity (Wildman–Crippen MR) is 454 cm³/mol. The molecule has 0 aliphatic heterocycles. The second-order valence-electron chi connectivity index (χ2n) is 32.9. The van der Waals surface area contributed by atoms with E-state index in [-0.39, 0.29) is 0 Å². The van der Waals surface area contributed by atoms with Crippen molar-refractivity contribution < 1.29 is 0 Å². The molecule has 0 nitrogen and oxygen atoms in total. The van der Waals surface area contributed by atoms with Crippen molar-refractivity contribution >= 4 is 0 Å². The van der Waals surface area contributed by atoms with E-state index in [1.165, 1.54) is 500 Å². The summed E-state index contributed by atoms with van der Waals surface area (Å²) < 4.78 is 0. The maximum Gasteiger partial charge on any atom is -0.0175 e. The van der Waals surface area contributed by atoms with Crippen molar-refractivity contribution in [2.75, 3.05) is 0 Å². The Bertz CT molecular complexity index is 1620. The number of hydrogen-bond acceptors (Lipinski definition) is 0. The summed E-state index contributed by atoms with van der Waals surface area (Å²) in [4.78, 5) is 0. The van der Waals surface area contributed by atoms with E-state index in [9.17, 15) is 0 Å². The first-order valence-electron chi connectivity index (χ1n) is 45.8. The van der Waals surface area contributed by atoms with Gasteiger partial charge in [0.05, 0.1) is 0 Å². The highest BCUT2D eigenvalue weighted by atomic mass is 14.4. The van der Waals surface area contributed by atoms with Crippen LogP contribution in [0.4, 0.5) is 0 Å². The normalized spacial score (nSPS) is 13.2. The van der Waals surface area contributed by atoms with Crippen LogP contribution in [-0.4, -0.2) is 0 Å². The van der Waals surface area contributed by atoms with Crippen LogP contribution < -0.4 is 0 Å². The van der Waals surface area contributed by atoms with Crippen LogP contribution in [0.15, 0.2) is 87.6 Å². The highest BCUT2D eigenvalue weighted by molar-refractivity contribution is 5.05. The van der Waals surface area contributed by atoms with Crippen LogP contribution in [0.25, 0.3) is 0 Å². The molecule has 0 amide bonds. The molecule has 0 saturated carbocycles. The Kier molecular flexibility index (Phi) is 80.9. The average molecular weight is 1360 g/mol. The molecule has 0 rings (SSSR count). The van der Waals surface area contributed by atoms with E-state index in [2.05, 4.69) is 83.7 Å². The molecule has 0 N–H and O–H groups in total. The van der Waals surface area contributed by atoms with E-state index < -0.39 is 0 Å². The molecular weight excluding hydrogens is 1180 g/mol. The lowest BCUT2D eigenvalue weighted by Crippen LogP contribution is -2.35. The molecule has 0 saturated heterocycles. The number of hydrogen-bond donors (Lipinski definition) is 0. The number of unbranched alkanes of at least 4 members (excludes halogenated alkanes) is 62. The molecule has 0 heterocycles. The molecule has 5 atom stereocenters. The van der Waals surface area contributed by atoms with Crippen LogP contribution in [0.1, 0.15) is 508 Å². The van der Waals surface area contributed by atoms with Gasteiger partial charge in [-0.05, 0) is 152 Å². The quantitative estimate of drug-likeness (QED) is 0.0421. The van der Waals surface area contributed by atoms with Gasteiger partial charge in [0.1, 0.15) is 0 Å². The zero-order valence-electron chi connectivity index (χ0n) is 68.2. The maximum atomic E-state index is 5.40. The average Bonchev–Trinajstić information content (AvgIpc) is 0.821. The Hall–Kier alpha value is -1.82. The molecule has 0 aliphatic rings. The van der Waals surface area contributed by atoms with Crippen molar-refractivity contribution in [3.63, 3.8) is 0 Å². The first kappa shape index (κ1) is 96.2. The van der Waals surface area contributed by atoms with Crippen molar-refractivity contribution in [1.82, 2.24) is 0 Å². The second-order valence-corrected chi connectivity index (χ2v) is 32.9. The van der Waals surface area contributed by atoms with E-state index in [0.717, 1.165) is 23.7 Å². The van der Waals surface area contributed by atoms with Gasteiger partial charge >= 0.3 is 0 Å². The molecular formula is C98H184. The number of allylic oxidation sites excluding steroid dienone is 7. The molecule has 576 valence electrons. The lowest BCUT2D eigenvalue weighted by atomic mass is 9.62. The summed E-state index contributed by atoms with van der Waals surface area (Å²) in [5, 5.41) is 0. The van der Waals surface area contributed by atoms with E-state index >= 15 is 0 Å². The summed E-state index contributed by atoms with van der Waals surface area (Å²) in [6, 6.07) is 0. The third kappa shape index (κ3) is 68.6. The standard InChI is InChI=1S/C98H184/c1-10-16-22-28-33-38-43-48-55-62-70-77-85-93(9)95(88-80-72-64-57-49-44-39-34-29-23-17-11-2)97(90-82-74-66-59-51-46-41-36-31-25-19-13-4)98(91-83-75-67-60-52-47-42-37-32-26-20-14-5)96(89-81-73-65-58-50-45-40-35-30-24-18-12-3)94(86-78-68-27-21-15-6)87-79-71-63-56-53-54-61-69-76-84-92(7)8/h10-14,94-98H,1-5,7,9,15-91H2,6,8H3. The second kappa shape index (κ2) is 82.5. The van der Waals surface area contributed by atoms with Gasteiger partial charge < -0.3 is 0 Å². The Labute approximate surface area is 621 Å². The van der Waals surface area contributed by atoms with Gasteiger partial charge in [0.25, 0.3) is 0 Å². The lowest BCUT2D eigenvalue weighted by Gasteiger charge is -2.43. The zero-order valence-corrected chi connectivity index (χ0v) is 68.2. The predicted octanol–water partition coefficient (Wildman–Crippen LogP) is 36.2. The molecule has 0 heteroatoms. The van der Waals surface area contributed by atoms with Crippen LogP contribution in [0.2, 0.25) is 0 Å². The molecule has 98 heavy (non-hydrogen) atoms. The van der Waals surface area contributed by atoms with Crippen LogP contribution >= 0.6 is 0 Å². The van der Waals surface area contributed by atoms with Crippen molar-refractivity contribution in [2.24, 2.45) is 29.6 Å². The van der Waals surface area contributed by atoms with Crippen LogP contribution in [-0.2, 0) is 0 Å². The summed E-state index contributed by atoms with van der Waals surface area (Å²) >= 11 is 0. The topological polar surface area (TPSA) is 0 Å². The molecule has 0 spiro atoms. The fourth-order valence-electron chi connectivity index (χ4n) is 17.2. The fourth-order valence-corrected chi connectivity index (χ4v) is 17.2. The molecule has 0 aromatic heterocycles. The Morgan fingerprint density at radius 3 is 0.684 bits per heavy atom. The monoisotopic (exact) mass is 1360 g/mol. The molecule has 0 fully saturated rings. The van der Waals surface area contributed by atoms with Crippen LogP contribution in [0, 0.1) is 29.6 Å². The van der Waals surface area contributed by atoms with Gasteiger partial charge in [-0.25, -0.2) is 0 Å². The maximum absolute atomic E-state index is 5.40. The van der Waals surface area contributed by atoms with Crippen molar-refractivity contribution in [3.8, 4) is 0 Å². The molecule has 0 bridgehead atoms. The minimum atomic E-state index is 0.703. The lowest BCUT2D eigenvalue weighted by molar-refractivity contribution is 0.0817. The van der Waals surface area contributed by atoms with Gasteiger partial charge in [0.15, 0.2) is 0 Å². The van der Waals surface area contributed by atoms with Gasteiger partial charge in [-0.15, -0.1) is 39.5 Å². The molecule has 0 aliphatic carbocycles. The Balaban J connectivity index is 7.47. The highest BCUT2D eigenvalue weighted by Crippen LogP contribution is 2.48. The SMILES string of the molecule is C=CCCCCCCCCCCCCC(=C)C(CCCCCCCCCCCCC=C)C(CCCCCCCCCCCCC=C)C(CCCCCCCCCCCCC=C)C(CCCCCCCCCCCCC=C)C(CCCCCCC)CCCCCCCCCCCC(=C)C. The van der Waals surface area contributed by atoms with Gasteiger partial charge in [0, 0.05) is 0 Å². The molecule has 0 radical (unpaired) electrons. The minimum absolute atomic E-state index is 0.703. The third-order valence-corrected chi connectivity index (χ3v) is 23.5. The van der Waals surface area contributed by atoms with Gasteiger partial charge in [0.2, 0.25) is 0 Å². The summed E-state index contributed by atoms with van der Waals surface area (Å²) in [7, 11) is 0. The van der Waals surface area contributed by atoms with Crippen molar-refractivity contribution in [3.05, 3.63) is 87.6 Å². The summed E-state index contributed by atoms with van der Waals surface area (Å²) in [6.07, 6.45) is 119. The van der Waals surface area contributed by atoms with Crippen molar-refractivity contribution in [2.45, 2.75) is 508 Å². The fraction of sp³-hybridized carbons (Fsp3) is 0.857. The highest BCUT2D eigenvalue weighted by Gasteiger charge is 2.38. The van der Waals surface area contributed by atoms with E-state index in [1.54, 1.807) is 5.57 Å². The van der Waals surface area contributed by atoms with Crippen LogP contribution in [0.3, 0.4) is 0 Å². The van der Waals surface area contributed by atoms with E-state index in [0.29, 0.717) is 5.92 Å². The summed E-state index contributed by atoms with van der Waals surface area (Å²) in [6.45, 7) is 34.1. The van der Waals surface area contributed by atoms with Gasteiger partial charge in [-0.1, -0.05) is 434 Å². The largest absolute Gasteiger partial charge is 0.103 e. The smallest absolute Gasteiger partial charge is 0.0175 e. The van der Waals surface area contributed by atoms with Gasteiger partial charge in [-0.3, -0.25) is 0 Å². The van der Waals surface area contributed by atoms with E-state index in [1.807, 2.05) is 0 Å². The van der Waals surface area contributed by atoms with Gasteiger partial charge in [-0.2, -0.15) is 0 Å². The summed E-state index contributed by atoms with van der Waals surface area (Å²) in [5.41, 5.74) is 3.09. The van der Waals surface area contributed by atoms with Crippen LogP contribution in [0.5, 0.6) is 0 Å². The third-order valence-electron chi connectivity index (χ3n) is 23.5. The molecule has 5 unspecified atom stereocenters. The minimum Gasteiger partial charge on any atom is -0.103 e. The first-order chi connectivity index (χ1) is 48.4. The Morgan fingerprint density at radius 2 is 0.418 bits per heavy atom. The molecule has 0 aromatic carbocycles. The number of rotatable bonds is 88. The van der Waals surface area contributed by atoms with E-state index in [4.69, 9.17) is 6.58 Å². The first-order valence-corrected chi connectivity index (χ1v) is 45.8. The zero-order chi connectivity index (χ0) is 71.0. The molecule has 0 aromatic rings. The Morgan fingerprint density at radius 1 is 0.214 bits per heavy atom. The van der Waals surface area contributed by atoms with Crippen molar-refractivity contribution in [1.29, 1.82) is 0 Å². The summed E-state index contributed by atoms with van der Waals surface area (Å²) in [5.74, 6) is 4.13.